The minimum atomic E-state index is -4.42. The number of ether oxygens (including phenoxy) is 1. The molecule has 3 aliphatic rings. The maximum Gasteiger partial charge on any atom is 0.417 e. The van der Waals surface area contributed by atoms with Gasteiger partial charge >= 0.3 is 12.2 Å². The van der Waals surface area contributed by atoms with E-state index in [-0.39, 0.29) is 17.7 Å². The third-order valence-corrected chi connectivity index (χ3v) is 5.02. The molecule has 1 aromatic carbocycles. The normalized spacial score (nSPS) is 25.8. The number of aromatic nitrogens is 2. The molecule has 0 spiro atoms. The quantitative estimate of drug-likeness (QED) is 0.848. The lowest BCUT2D eigenvalue weighted by atomic mass is 9.86. The van der Waals surface area contributed by atoms with Crippen molar-refractivity contribution < 1.29 is 17.9 Å². The summed E-state index contributed by atoms with van der Waals surface area (Å²) < 4.78 is 45.3. The molecule has 3 aliphatic heterocycles. The van der Waals surface area contributed by atoms with Gasteiger partial charge in [-0.15, -0.1) is 0 Å². The lowest BCUT2D eigenvalue weighted by molar-refractivity contribution is -0.137. The SMILES string of the molecule is FC(F)(F)c1ccccc1-c1cnc(OC2CN3CCC2CC3)nc1. The van der Waals surface area contributed by atoms with Crippen molar-refractivity contribution in [3.63, 3.8) is 0 Å². The number of fused-ring (bicyclic) bond motifs is 3. The fourth-order valence-electron chi connectivity index (χ4n) is 3.68. The summed E-state index contributed by atoms with van der Waals surface area (Å²) in [4.78, 5) is 10.6. The van der Waals surface area contributed by atoms with E-state index < -0.39 is 11.7 Å². The summed E-state index contributed by atoms with van der Waals surface area (Å²) in [5.74, 6) is 0.513. The van der Waals surface area contributed by atoms with E-state index in [1.54, 1.807) is 6.07 Å². The molecule has 1 aromatic heterocycles. The third kappa shape index (κ3) is 3.33. The molecule has 3 saturated heterocycles. The number of hydrogen-bond acceptors (Lipinski definition) is 4. The van der Waals surface area contributed by atoms with Gasteiger partial charge in [0, 0.05) is 24.5 Å². The third-order valence-electron chi connectivity index (χ3n) is 5.02. The van der Waals surface area contributed by atoms with Gasteiger partial charge in [-0.05, 0) is 43.5 Å². The Morgan fingerprint density at radius 2 is 1.72 bits per heavy atom. The van der Waals surface area contributed by atoms with E-state index in [0.717, 1.165) is 38.5 Å². The second kappa shape index (κ2) is 6.29. The maximum atomic E-state index is 13.1. The Morgan fingerprint density at radius 1 is 1.04 bits per heavy atom. The monoisotopic (exact) mass is 349 g/mol. The molecule has 0 amide bonds. The Kier molecular flexibility index (Phi) is 4.11. The van der Waals surface area contributed by atoms with Gasteiger partial charge in [0.1, 0.15) is 6.10 Å². The molecule has 2 bridgehead atoms. The van der Waals surface area contributed by atoms with Crippen molar-refractivity contribution in [2.45, 2.75) is 25.1 Å². The van der Waals surface area contributed by atoms with Crippen LogP contribution < -0.4 is 4.74 Å². The van der Waals surface area contributed by atoms with Crippen LogP contribution in [-0.4, -0.2) is 40.6 Å². The first-order valence-corrected chi connectivity index (χ1v) is 8.38. The van der Waals surface area contributed by atoms with E-state index in [9.17, 15) is 13.2 Å². The molecule has 0 N–H and O–H groups in total. The first-order chi connectivity index (χ1) is 12.0. The van der Waals surface area contributed by atoms with Gasteiger partial charge in [-0.25, -0.2) is 9.97 Å². The zero-order valence-corrected chi connectivity index (χ0v) is 13.5. The Morgan fingerprint density at radius 3 is 2.32 bits per heavy atom. The summed E-state index contributed by atoms with van der Waals surface area (Å²) in [7, 11) is 0. The molecule has 3 fully saturated rings. The molecule has 1 atom stereocenters. The van der Waals surface area contributed by atoms with Crippen molar-refractivity contribution in [3.8, 4) is 17.1 Å². The molecule has 5 rings (SSSR count). The van der Waals surface area contributed by atoms with E-state index in [4.69, 9.17) is 4.74 Å². The first-order valence-electron chi connectivity index (χ1n) is 8.38. The fourth-order valence-corrected chi connectivity index (χ4v) is 3.68. The van der Waals surface area contributed by atoms with Crippen molar-refractivity contribution >= 4 is 0 Å². The zero-order chi connectivity index (χ0) is 17.4. The van der Waals surface area contributed by atoms with Gasteiger partial charge in [0.05, 0.1) is 5.56 Å². The number of halogens is 3. The predicted molar refractivity (Wildman–Crippen MR) is 86.1 cm³/mol. The lowest BCUT2D eigenvalue weighted by Gasteiger charge is -2.43. The summed E-state index contributed by atoms with van der Waals surface area (Å²) in [5.41, 5.74) is -0.289. The number of benzene rings is 1. The average molecular weight is 349 g/mol. The number of rotatable bonds is 3. The maximum absolute atomic E-state index is 13.1. The van der Waals surface area contributed by atoms with E-state index in [0.29, 0.717) is 11.5 Å². The molecule has 4 heterocycles. The van der Waals surface area contributed by atoms with Crippen molar-refractivity contribution in [2.24, 2.45) is 5.92 Å². The zero-order valence-electron chi connectivity index (χ0n) is 13.5. The molecular weight excluding hydrogens is 331 g/mol. The van der Waals surface area contributed by atoms with Gasteiger partial charge in [0.15, 0.2) is 0 Å². The minimum absolute atomic E-state index is 0.0656. The van der Waals surface area contributed by atoms with Crippen LogP contribution in [0.25, 0.3) is 11.1 Å². The standard InChI is InChI=1S/C18H18F3N3O/c19-18(20,21)15-4-2-1-3-14(15)13-9-22-17(23-10-13)25-16-11-24-7-5-12(16)6-8-24/h1-4,9-10,12,16H,5-8,11H2. The summed E-state index contributed by atoms with van der Waals surface area (Å²) in [6.45, 7) is 3.09. The van der Waals surface area contributed by atoms with Crippen LogP contribution in [-0.2, 0) is 6.18 Å². The number of nitrogens with zero attached hydrogens (tertiary/aromatic N) is 3. The highest BCUT2D eigenvalue weighted by atomic mass is 19.4. The van der Waals surface area contributed by atoms with E-state index in [1.165, 1.54) is 24.5 Å². The average Bonchev–Trinajstić information content (AvgIpc) is 2.63. The van der Waals surface area contributed by atoms with Crippen molar-refractivity contribution in [1.82, 2.24) is 14.9 Å². The number of hydrogen-bond donors (Lipinski definition) is 0. The topological polar surface area (TPSA) is 38.2 Å². The molecule has 7 heteroatoms. The van der Waals surface area contributed by atoms with E-state index in [1.807, 2.05) is 0 Å². The number of piperidine rings is 3. The van der Waals surface area contributed by atoms with Crippen LogP contribution in [0.3, 0.4) is 0 Å². The van der Waals surface area contributed by atoms with Crippen LogP contribution in [0.1, 0.15) is 18.4 Å². The summed E-state index contributed by atoms with van der Waals surface area (Å²) in [6.07, 6.45) is 0.670. The summed E-state index contributed by atoms with van der Waals surface area (Å²) >= 11 is 0. The highest BCUT2D eigenvalue weighted by molar-refractivity contribution is 5.66. The summed E-state index contributed by atoms with van der Waals surface area (Å²) in [6, 6.07) is 5.66. The molecule has 4 nitrogen and oxygen atoms in total. The Hall–Kier alpha value is -2.15. The van der Waals surface area contributed by atoms with Crippen LogP contribution in [0, 0.1) is 5.92 Å². The van der Waals surface area contributed by atoms with Crippen LogP contribution >= 0.6 is 0 Å². The van der Waals surface area contributed by atoms with Gasteiger partial charge in [-0.1, -0.05) is 18.2 Å². The smallest absolute Gasteiger partial charge is 0.417 e. The second-order valence-electron chi connectivity index (χ2n) is 6.59. The van der Waals surface area contributed by atoms with Gasteiger partial charge in [-0.3, -0.25) is 4.90 Å². The highest BCUT2D eigenvalue weighted by Gasteiger charge is 2.36. The van der Waals surface area contributed by atoms with Crippen molar-refractivity contribution in [1.29, 1.82) is 0 Å². The van der Waals surface area contributed by atoms with Crippen LogP contribution in [0.2, 0.25) is 0 Å². The van der Waals surface area contributed by atoms with E-state index in [2.05, 4.69) is 14.9 Å². The highest BCUT2D eigenvalue weighted by Crippen LogP contribution is 2.36. The largest absolute Gasteiger partial charge is 0.458 e. The van der Waals surface area contributed by atoms with Gasteiger partial charge in [0.25, 0.3) is 0 Å². The molecule has 0 aliphatic carbocycles. The lowest BCUT2D eigenvalue weighted by Crippen LogP contribution is -2.52. The Bertz CT molecular complexity index is 740. The van der Waals surface area contributed by atoms with Crippen LogP contribution in [0.5, 0.6) is 6.01 Å². The first kappa shape index (κ1) is 16.3. The van der Waals surface area contributed by atoms with Crippen LogP contribution in [0.15, 0.2) is 36.7 Å². The van der Waals surface area contributed by atoms with Crippen LogP contribution in [0.4, 0.5) is 13.2 Å². The molecular formula is C18H18F3N3O. The van der Waals surface area contributed by atoms with E-state index >= 15 is 0 Å². The fraction of sp³-hybridized carbons (Fsp3) is 0.444. The Balaban J connectivity index is 1.53. The number of alkyl halides is 3. The Labute approximate surface area is 143 Å². The predicted octanol–water partition coefficient (Wildman–Crippen LogP) is 3.64. The molecule has 0 saturated carbocycles. The second-order valence-corrected chi connectivity index (χ2v) is 6.59. The molecule has 132 valence electrons. The summed E-state index contributed by atoms with van der Waals surface area (Å²) in [5, 5.41) is 0. The van der Waals surface area contributed by atoms with Gasteiger partial charge in [-0.2, -0.15) is 13.2 Å². The molecule has 1 unspecified atom stereocenters. The molecule has 25 heavy (non-hydrogen) atoms. The van der Waals surface area contributed by atoms with Crippen molar-refractivity contribution in [2.75, 3.05) is 19.6 Å². The molecule has 2 aromatic rings. The van der Waals surface area contributed by atoms with Crippen molar-refractivity contribution in [3.05, 3.63) is 42.2 Å². The minimum Gasteiger partial charge on any atom is -0.458 e. The molecule has 0 radical (unpaired) electrons. The van der Waals surface area contributed by atoms with Gasteiger partial charge < -0.3 is 4.74 Å². The van der Waals surface area contributed by atoms with Gasteiger partial charge in [0.2, 0.25) is 0 Å².